The van der Waals surface area contributed by atoms with Crippen molar-refractivity contribution in [2.75, 3.05) is 18.5 Å². The summed E-state index contributed by atoms with van der Waals surface area (Å²) in [6.45, 7) is 1.37. The van der Waals surface area contributed by atoms with Crippen molar-refractivity contribution < 1.29 is 9.47 Å². The van der Waals surface area contributed by atoms with Crippen LogP contribution in [-0.2, 0) is 6.42 Å². The monoisotopic (exact) mass is 290 g/mol. The Morgan fingerprint density at radius 2 is 2.07 bits per heavy atom. The number of rotatable bonds is 2. The van der Waals surface area contributed by atoms with E-state index in [-0.39, 0.29) is 0 Å². The first-order valence-electron chi connectivity index (χ1n) is 4.95. The van der Waals surface area contributed by atoms with E-state index in [1.165, 1.54) is 5.56 Å². The minimum absolute atomic E-state index is 0.644. The Balaban J connectivity index is 2.35. The Hall–Kier alpha value is -0.410. The molecule has 4 heteroatoms. The van der Waals surface area contributed by atoms with Crippen LogP contribution in [-0.4, -0.2) is 18.5 Å². The molecule has 1 aromatic carbocycles. The van der Waals surface area contributed by atoms with Crippen molar-refractivity contribution in [1.29, 1.82) is 0 Å². The van der Waals surface area contributed by atoms with Crippen molar-refractivity contribution in [2.24, 2.45) is 0 Å². The van der Waals surface area contributed by atoms with Gasteiger partial charge in [0.25, 0.3) is 0 Å². The SMILES string of the molecule is Clc1cc(CCBr)cc2c1OCCCO2. The Morgan fingerprint density at radius 1 is 1.27 bits per heavy atom. The van der Waals surface area contributed by atoms with Gasteiger partial charge in [-0.1, -0.05) is 27.5 Å². The number of alkyl halides is 1. The molecule has 1 aliphatic rings. The molecule has 0 radical (unpaired) electrons. The molecule has 82 valence electrons. The number of hydrogen-bond acceptors (Lipinski definition) is 2. The van der Waals surface area contributed by atoms with Crippen LogP contribution >= 0.6 is 27.5 Å². The van der Waals surface area contributed by atoms with Gasteiger partial charge in [0, 0.05) is 11.8 Å². The van der Waals surface area contributed by atoms with Gasteiger partial charge < -0.3 is 9.47 Å². The fraction of sp³-hybridized carbons (Fsp3) is 0.455. The van der Waals surface area contributed by atoms with Crippen molar-refractivity contribution in [3.05, 3.63) is 22.7 Å². The fourth-order valence-corrected chi connectivity index (χ4v) is 2.28. The molecule has 1 heterocycles. The summed E-state index contributed by atoms with van der Waals surface area (Å²) < 4.78 is 11.1. The van der Waals surface area contributed by atoms with Crippen LogP contribution in [0.25, 0.3) is 0 Å². The van der Waals surface area contributed by atoms with Crippen molar-refractivity contribution in [3.63, 3.8) is 0 Å². The number of benzene rings is 1. The maximum absolute atomic E-state index is 6.14. The van der Waals surface area contributed by atoms with Crippen LogP contribution in [0.4, 0.5) is 0 Å². The summed E-state index contributed by atoms with van der Waals surface area (Å²) in [5, 5.41) is 1.56. The van der Waals surface area contributed by atoms with Gasteiger partial charge in [0.1, 0.15) is 0 Å². The highest BCUT2D eigenvalue weighted by atomic mass is 79.9. The number of halogens is 2. The molecule has 2 nitrogen and oxygen atoms in total. The number of aryl methyl sites for hydroxylation is 1. The summed E-state index contributed by atoms with van der Waals surface area (Å²) >= 11 is 9.54. The van der Waals surface area contributed by atoms with Crippen LogP contribution in [0.1, 0.15) is 12.0 Å². The van der Waals surface area contributed by atoms with E-state index >= 15 is 0 Å². The molecule has 0 aromatic heterocycles. The highest BCUT2D eigenvalue weighted by Crippen LogP contribution is 2.38. The third kappa shape index (κ3) is 2.58. The van der Waals surface area contributed by atoms with Gasteiger partial charge in [-0.05, 0) is 24.1 Å². The molecule has 0 amide bonds. The van der Waals surface area contributed by atoms with Gasteiger partial charge in [-0.25, -0.2) is 0 Å². The predicted molar refractivity (Wildman–Crippen MR) is 64.6 cm³/mol. The highest BCUT2D eigenvalue weighted by Gasteiger charge is 2.15. The fourth-order valence-electron chi connectivity index (χ4n) is 1.54. The Kier molecular flexibility index (Phi) is 3.76. The summed E-state index contributed by atoms with van der Waals surface area (Å²) in [5.74, 6) is 1.46. The normalized spacial score (nSPS) is 14.8. The van der Waals surface area contributed by atoms with Crippen molar-refractivity contribution in [3.8, 4) is 11.5 Å². The Morgan fingerprint density at radius 3 is 2.87 bits per heavy atom. The molecule has 0 saturated carbocycles. The standard InChI is InChI=1S/C11H12BrClO2/c12-3-2-8-6-9(13)11-10(7-8)14-4-1-5-15-11/h6-7H,1-5H2. The molecule has 0 unspecified atom stereocenters. The van der Waals surface area contributed by atoms with E-state index in [1.54, 1.807) is 0 Å². The zero-order valence-electron chi connectivity index (χ0n) is 8.26. The lowest BCUT2D eigenvalue weighted by Gasteiger charge is -2.10. The highest BCUT2D eigenvalue weighted by molar-refractivity contribution is 9.09. The average Bonchev–Trinajstić information content (AvgIpc) is 2.43. The van der Waals surface area contributed by atoms with E-state index in [0.29, 0.717) is 24.0 Å². The second-order valence-corrected chi connectivity index (χ2v) is 4.59. The number of ether oxygens (including phenoxy) is 2. The molecule has 2 rings (SSSR count). The topological polar surface area (TPSA) is 18.5 Å². The lowest BCUT2D eigenvalue weighted by atomic mass is 10.1. The summed E-state index contributed by atoms with van der Waals surface area (Å²) in [7, 11) is 0. The Bertz CT molecular complexity index is 355. The first kappa shape index (κ1) is 11.1. The first-order chi connectivity index (χ1) is 7.31. The predicted octanol–water partition coefficient (Wildman–Crippen LogP) is 3.44. The van der Waals surface area contributed by atoms with Gasteiger partial charge in [-0.15, -0.1) is 0 Å². The van der Waals surface area contributed by atoms with E-state index < -0.39 is 0 Å². The van der Waals surface area contributed by atoms with Crippen LogP contribution < -0.4 is 9.47 Å². The van der Waals surface area contributed by atoms with E-state index in [0.717, 1.165) is 23.9 Å². The van der Waals surface area contributed by atoms with Crippen molar-refractivity contribution in [1.82, 2.24) is 0 Å². The second-order valence-electron chi connectivity index (χ2n) is 3.39. The quantitative estimate of drug-likeness (QED) is 0.777. The van der Waals surface area contributed by atoms with E-state index in [1.807, 2.05) is 12.1 Å². The molecule has 0 saturated heterocycles. The largest absolute Gasteiger partial charge is 0.489 e. The zero-order chi connectivity index (χ0) is 10.7. The average molecular weight is 292 g/mol. The van der Waals surface area contributed by atoms with Gasteiger partial charge >= 0.3 is 0 Å². The minimum Gasteiger partial charge on any atom is -0.489 e. The molecule has 1 aromatic rings. The maximum atomic E-state index is 6.14. The molecule has 0 aliphatic carbocycles. The Labute approximate surface area is 103 Å². The molecule has 0 spiro atoms. The minimum atomic E-state index is 0.644. The zero-order valence-corrected chi connectivity index (χ0v) is 10.6. The number of hydrogen-bond donors (Lipinski definition) is 0. The molecule has 0 N–H and O–H groups in total. The molecule has 1 aliphatic heterocycles. The third-order valence-electron chi connectivity index (χ3n) is 2.25. The molecule has 0 bridgehead atoms. The first-order valence-corrected chi connectivity index (χ1v) is 6.45. The summed E-state index contributed by atoms with van der Waals surface area (Å²) in [6.07, 6.45) is 1.84. The van der Waals surface area contributed by atoms with Crippen LogP contribution in [0.2, 0.25) is 5.02 Å². The van der Waals surface area contributed by atoms with Crippen molar-refractivity contribution >= 4 is 27.5 Å². The van der Waals surface area contributed by atoms with Crippen LogP contribution in [0.15, 0.2) is 12.1 Å². The van der Waals surface area contributed by atoms with Gasteiger partial charge in [-0.2, -0.15) is 0 Å². The molecular formula is C11H12BrClO2. The molecule has 0 fully saturated rings. The van der Waals surface area contributed by atoms with Gasteiger partial charge in [0.05, 0.1) is 18.2 Å². The summed E-state index contributed by atoms with van der Waals surface area (Å²) in [6, 6.07) is 3.95. The van der Waals surface area contributed by atoms with Gasteiger partial charge in [0.15, 0.2) is 11.5 Å². The van der Waals surface area contributed by atoms with Crippen LogP contribution in [0, 0.1) is 0 Å². The molecule has 0 atom stereocenters. The third-order valence-corrected chi connectivity index (χ3v) is 2.92. The molecule has 15 heavy (non-hydrogen) atoms. The van der Waals surface area contributed by atoms with Gasteiger partial charge in [0.2, 0.25) is 0 Å². The number of fused-ring (bicyclic) bond motifs is 1. The van der Waals surface area contributed by atoms with E-state index in [4.69, 9.17) is 21.1 Å². The lowest BCUT2D eigenvalue weighted by Crippen LogP contribution is -1.97. The van der Waals surface area contributed by atoms with Crippen LogP contribution in [0.3, 0.4) is 0 Å². The van der Waals surface area contributed by atoms with Gasteiger partial charge in [-0.3, -0.25) is 0 Å². The maximum Gasteiger partial charge on any atom is 0.179 e. The van der Waals surface area contributed by atoms with E-state index in [9.17, 15) is 0 Å². The van der Waals surface area contributed by atoms with Crippen molar-refractivity contribution in [2.45, 2.75) is 12.8 Å². The molecular weight excluding hydrogens is 279 g/mol. The summed E-state index contributed by atoms with van der Waals surface area (Å²) in [4.78, 5) is 0. The van der Waals surface area contributed by atoms with E-state index in [2.05, 4.69) is 15.9 Å². The smallest absolute Gasteiger partial charge is 0.179 e. The second kappa shape index (κ2) is 5.08. The lowest BCUT2D eigenvalue weighted by molar-refractivity contribution is 0.297. The summed E-state index contributed by atoms with van der Waals surface area (Å²) in [5.41, 5.74) is 1.17. The van der Waals surface area contributed by atoms with Crippen LogP contribution in [0.5, 0.6) is 11.5 Å².